The molecule has 0 fully saturated rings. The molecule has 4 nitrogen and oxygen atoms in total. The highest BCUT2D eigenvalue weighted by Crippen LogP contribution is 2.10. The number of nitriles is 1. The molecular formula is C18H18FN3O. The minimum atomic E-state index is -0.285. The minimum Gasteiger partial charge on any atom is -0.337 e. The van der Waals surface area contributed by atoms with Crippen molar-refractivity contribution in [2.75, 3.05) is 6.54 Å². The zero-order chi connectivity index (χ0) is 16.5. The molecule has 2 rings (SSSR count). The molecule has 0 unspecified atom stereocenters. The number of pyridine rings is 1. The van der Waals surface area contributed by atoms with E-state index in [2.05, 4.69) is 11.1 Å². The number of hydrogen-bond acceptors (Lipinski definition) is 3. The summed E-state index contributed by atoms with van der Waals surface area (Å²) in [6.45, 7) is 0.839. The molecule has 0 saturated heterocycles. The van der Waals surface area contributed by atoms with Gasteiger partial charge in [-0.2, -0.15) is 5.26 Å². The van der Waals surface area contributed by atoms with Crippen LogP contribution < -0.4 is 0 Å². The highest BCUT2D eigenvalue weighted by atomic mass is 19.1. The van der Waals surface area contributed by atoms with Crippen molar-refractivity contribution in [2.45, 2.75) is 25.8 Å². The van der Waals surface area contributed by atoms with Crippen LogP contribution in [-0.4, -0.2) is 22.3 Å². The minimum absolute atomic E-state index is 0.0200. The molecule has 0 bridgehead atoms. The molecule has 0 atom stereocenters. The fourth-order valence-corrected chi connectivity index (χ4v) is 2.25. The molecule has 1 aromatic carbocycles. The lowest BCUT2D eigenvalue weighted by Gasteiger charge is -2.21. The van der Waals surface area contributed by atoms with E-state index in [1.54, 1.807) is 29.4 Å². The zero-order valence-corrected chi connectivity index (χ0v) is 12.8. The molecule has 118 valence electrons. The average Bonchev–Trinajstić information content (AvgIpc) is 2.58. The number of nitrogens with zero attached hydrogens (tertiary/aromatic N) is 3. The van der Waals surface area contributed by atoms with Gasteiger partial charge in [-0.15, -0.1) is 0 Å². The molecule has 0 saturated carbocycles. The Hall–Kier alpha value is -2.74. The van der Waals surface area contributed by atoms with Crippen molar-refractivity contribution >= 4 is 5.91 Å². The normalized spacial score (nSPS) is 10.1. The van der Waals surface area contributed by atoms with Gasteiger partial charge < -0.3 is 4.90 Å². The van der Waals surface area contributed by atoms with Crippen LogP contribution in [0.25, 0.3) is 0 Å². The van der Waals surface area contributed by atoms with E-state index < -0.39 is 0 Å². The van der Waals surface area contributed by atoms with E-state index >= 15 is 0 Å². The molecule has 1 heterocycles. The second kappa shape index (κ2) is 8.64. The van der Waals surface area contributed by atoms with Gasteiger partial charge >= 0.3 is 0 Å². The number of aryl methyl sites for hydroxylation is 1. The Kier molecular flexibility index (Phi) is 6.25. The highest BCUT2D eigenvalue weighted by molar-refractivity contribution is 5.76. The van der Waals surface area contributed by atoms with Gasteiger partial charge in [-0.3, -0.25) is 9.78 Å². The van der Waals surface area contributed by atoms with Crippen LogP contribution in [0.5, 0.6) is 0 Å². The summed E-state index contributed by atoms with van der Waals surface area (Å²) in [5.41, 5.74) is 1.85. The number of amides is 1. The smallest absolute Gasteiger partial charge is 0.223 e. The molecule has 1 aromatic heterocycles. The van der Waals surface area contributed by atoms with Crippen LogP contribution in [0.1, 0.15) is 24.0 Å². The monoisotopic (exact) mass is 311 g/mol. The lowest BCUT2D eigenvalue weighted by Crippen LogP contribution is -2.31. The Morgan fingerprint density at radius 1 is 1.22 bits per heavy atom. The quantitative estimate of drug-likeness (QED) is 0.789. The number of carbonyl (C=O) groups is 1. The zero-order valence-electron chi connectivity index (χ0n) is 12.8. The lowest BCUT2D eigenvalue weighted by atomic mass is 10.1. The van der Waals surface area contributed by atoms with Gasteiger partial charge in [0.05, 0.1) is 12.5 Å². The van der Waals surface area contributed by atoms with Gasteiger partial charge in [-0.25, -0.2) is 4.39 Å². The number of rotatable bonds is 7. The molecular weight excluding hydrogens is 293 g/mol. The summed E-state index contributed by atoms with van der Waals surface area (Å²) >= 11 is 0. The number of hydrogen-bond donors (Lipinski definition) is 0. The van der Waals surface area contributed by atoms with Gasteiger partial charge in [-0.1, -0.05) is 18.2 Å². The average molecular weight is 311 g/mol. The fourth-order valence-electron chi connectivity index (χ4n) is 2.25. The second-order valence-electron chi connectivity index (χ2n) is 5.21. The van der Waals surface area contributed by atoms with E-state index in [1.165, 1.54) is 12.1 Å². The molecule has 23 heavy (non-hydrogen) atoms. The van der Waals surface area contributed by atoms with Crippen molar-refractivity contribution in [3.05, 3.63) is 65.7 Å². The third kappa shape index (κ3) is 5.51. The summed E-state index contributed by atoms with van der Waals surface area (Å²) in [5, 5.41) is 8.76. The SMILES string of the molecule is N#CCCN(Cc1cccnc1)C(=O)CCc1ccc(F)cc1. The van der Waals surface area contributed by atoms with Gasteiger partial charge in [0.2, 0.25) is 5.91 Å². The van der Waals surface area contributed by atoms with Gasteiger partial charge in [0.1, 0.15) is 5.82 Å². The van der Waals surface area contributed by atoms with E-state index in [0.29, 0.717) is 32.4 Å². The molecule has 1 amide bonds. The van der Waals surface area contributed by atoms with Crippen LogP contribution in [0.15, 0.2) is 48.8 Å². The Labute approximate surface area is 135 Å². The Morgan fingerprint density at radius 2 is 2.00 bits per heavy atom. The Bertz CT molecular complexity index is 665. The van der Waals surface area contributed by atoms with E-state index in [-0.39, 0.29) is 11.7 Å². The number of benzene rings is 1. The largest absolute Gasteiger partial charge is 0.337 e. The third-order valence-electron chi connectivity index (χ3n) is 3.48. The first kappa shape index (κ1) is 16.6. The number of carbonyl (C=O) groups excluding carboxylic acids is 1. The summed E-state index contributed by atoms with van der Waals surface area (Å²) in [7, 11) is 0. The molecule has 0 aliphatic carbocycles. The maximum atomic E-state index is 12.9. The van der Waals surface area contributed by atoms with Crippen molar-refractivity contribution in [3.63, 3.8) is 0 Å². The van der Waals surface area contributed by atoms with Crippen molar-refractivity contribution in [3.8, 4) is 6.07 Å². The summed E-state index contributed by atoms with van der Waals surface area (Å²) in [5.74, 6) is -0.305. The molecule has 0 radical (unpaired) electrons. The van der Waals surface area contributed by atoms with Gasteiger partial charge in [-0.05, 0) is 35.7 Å². The predicted octanol–water partition coefficient (Wildman–Crippen LogP) is 3.10. The van der Waals surface area contributed by atoms with Crippen molar-refractivity contribution in [1.82, 2.24) is 9.88 Å². The summed E-state index contributed by atoms with van der Waals surface area (Å²) in [6.07, 6.45) is 4.57. The van der Waals surface area contributed by atoms with E-state index in [0.717, 1.165) is 11.1 Å². The summed E-state index contributed by atoms with van der Waals surface area (Å²) in [4.78, 5) is 18.1. The Morgan fingerprint density at radius 3 is 2.65 bits per heavy atom. The molecule has 2 aromatic rings. The van der Waals surface area contributed by atoms with E-state index in [4.69, 9.17) is 5.26 Å². The topological polar surface area (TPSA) is 57.0 Å². The third-order valence-corrected chi connectivity index (χ3v) is 3.48. The van der Waals surface area contributed by atoms with Crippen LogP contribution in [-0.2, 0) is 17.8 Å². The van der Waals surface area contributed by atoms with Crippen molar-refractivity contribution in [1.29, 1.82) is 5.26 Å². The molecule has 0 spiro atoms. The van der Waals surface area contributed by atoms with Gasteiger partial charge in [0.15, 0.2) is 0 Å². The van der Waals surface area contributed by atoms with E-state index in [1.807, 2.05) is 12.1 Å². The highest BCUT2D eigenvalue weighted by Gasteiger charge is 2.14. The number of aromatic nitrogens is 1. The first-order chi connectivity index (χ1) is 11.2. The summed E-state index contributed by atoms with van der Waals surface area (Å²) < 4.78 is 12.9. The molecule has 5 heteroatoms. The van der Waals surface area contributed by atoms with Crippen LogP contribution in [0.2, 0.25) is 0 Å². The first-order valence-electron chi connectivity index (χ1n) is 7.47. The molecule has 0 N–H and O–H groups in total. The van der Waals surface area contributed by atoms with Crippen LogP contribution in [0, 0.1) is 17.1 Å². The summed E-state index contributed by atoms with van der Waals surface area (Å²) in [6, 6.07) is 11.9. The molecule has 0 aliphatic rings. The maximum absolute atomic E-state index is 12.9. The van der Waals surface area contributed by atoms with Crippen molar-refractivity contribution in [2.24, 2.45) is 0 Å². The van der Waals surface area contributed by atoms with Gasteiger partial charge in [0, 0.05) is 31.9 Å². The number of halogens is 1. The maximum Gasteiger partial charge on any atom is 0.223 e. The van der Waals surface area contributed by atoms with Crippen LogP contribution in [0.3, 0.4) is 0 Å². The first-order valence-corrected chi connectivity index (χ1v) is 7.47. The van der Waals surface area contributed by atoms with Crippen molar-refractivity contribution < 1.29 is 9.18 Å². The Balaban J connectivity index is 1.95. The molecule has 0 aliphatic heterocycles. The predicted molar refractivity (Wildman–Crippen MR) is 84.6 cm³/mol. The van der Waals surface area contributed by atoms with E-state index in [9.17, 15) is 9.18 Å². The van der Waals surface area contributed by atoms with Crippen LogP contribution in [0.4, 0.5) is 4.39 Å². The van der Waals surface area contributed by atoms with Crippen LogP contribution >= 0.6 is 0 Å². The fraction of sp³-hybridized carbons (Fsp3) is 0.278. The van der Waals surface area contributed by atoms with Gasteiger partial charge in [0.25, 0.3) is 0 Å². The lowest BCUT2D eigenvalue weighted by molar-refractivity contribution is -0.131. The standard InChI is InChI=1S/C18H18FN3O/c19-17-7-4-15(5-8-17)6-9-18(23)22(12-2-10-20)14-16-3-1-11-21-13-16/h1,3-5,7-8,11,13H,2,6,9,12,14H2. The second-order valence-corrected chi connectivity index (χ2v) is 5.21.